The second-order valence-corrected chi connectivity index (χ2v) is 5.60. The molecule has 1 N–H and O–H groups in total. The Balaban J connectivity index is 1.87. The van der Waals surface area contributed by atoms with E-state index in [0.29, 0.717) is 17.4 Å². The summed E-state index contributed by atoms with van der Waals surface area (Å²) in [6, 6.07) is 7.13. The Morgan fingerprint density at radius 3 is 2.96 bits per heavy atom. The van der Waals surface area contributed by atoms with Gasteiger partial charge in [0.05, 0.1) is 19.3 Å². The molecule has 1 aromatic carbocycles. The van der Waals surface area contributed by atoms with Gasteiger partial charge in [0.1, 0.15) is 18.8 Å². The molecule has 2 rings (SSSR count). The summed E-state index contributed by atoms with van der Waals surface area (Å²) >= 11 is 6.01. The van der Waals surface area contributed by atoms with Crippen LogP contribution in [0.5, 0.6) is 5.75 Å². The Kier molecular flexibility index (Phi) is 7.14. The van der Waals surface area contributed by atoms with E-state index in [1.807, 2.05) is 6.07 Å². The van der Waals surface area contributed by atoms with E-state index in [1.54, 1.807) is 18.2 Å². The highest BCUT2D eigenvalue weighted by Gasteiger charge is 2.11. The van der Waals surface area contributed by atoms with E-state index in [1.165, 1.54) is 0 Å². The lowest BCUT2D eigenvalue weighted by Crippen LogP contribution is -2.38. The third-order valence-electron chi connectivity index (χ3n) is 3.51. The average Bonchev–Trinajstić information content (AvgIpc) is 2.56. The molecule has 23 heavy (non-hydrogen) atoms. The number of nitriles is 1. The number of morpholine rings is 1. The number of amides is 1. The van der Waals surface area contributed by atoms with Crippen LogP contribution < -0.4 is 10.1 Å². The quantitative estimate of drug-likeness (QED) is 0.817. The number of nitrogens with one attached hydrogen (secondary N) is 1. The first-order chi connectivity index (χ1) is 11.2. The predicted molar refractivity (Wildman–Crippen MR) is 86.3 cm³/mol. The number of carbonyl (C=O) groups excluding carboxylic acids is 1. The molecule has 0 atom stereocenters. The maximum Gasteiger partial charge on any atom is 0.234 e. The van der Waals surface area contributed by atoms with Gasteiger partial charge < -0.3 is 14.8 Å². The second kappa shape index (κ2) is 9.36. The number of halogens is 1. The van der Waals surface area contributed by atoms with Crippen molar-refractivity contribution in [1.29, 1.82) is 5.26 Å². The lowest BCUT2D eigenvalue weighted by Gasteiger charge is -2.26. The molecule has 6 nitrogen and oxygen atoms in total. The van der Waals surface area contributed by atoms with Gasteiger partial charge in [-0.15, -0.1) is 0 Å². The first-order valence-electron chi connectivity index (χ1n) is 7.54. The van der Waals surface area contributed by atoms with Crippen LogP contribution in [-0.2, 0) is 16.1 Å². The van der Waals surface area contributed by atoms with Crippen LogP contribution in [0.25, 0.3) is 0 Å². The van der Waals surface area contributed by atoms with Crippen LogP contribution in [0.4, 0.5) is 0 Å². The molecule has 1 heterocycles. The van der Waals surface area contributed by atoms with Crippen LogP contribution in [0.1, 0.15) is 12.0 Å². The fourth-order valence-electron chi connectivity index (χ4n) is 2.26. The highest BCUT2D eigenvalue weighted by Crippen LogP contribution is 2.23. The average molecular weight is 338 g/mol. The van der Waals surface area contributed by atoms with Crippen molar-refractivity contribution >= 4 is 17.5 Å². The molecule has 1 aliphatic heterocycles. The highest BCUT2D eigenvalue weighted by molar-refractivity contribution is 6.30. The molecule has 0 aliphatic carbocycles. The summed E-state index contributed by atoms with van der Waals surface area (Å²) in [6.45, 7) is 5.03. The largest absolute Gasteiger partial charge is 0.492 e. The molecule has 1 aromatic rings. The summed E-state index contributed by atoms with van der Waals surface area (Å²) in [5, 5.41) is 11.8. The van der Waals surface area contributed by atoms with Crippen molar-refractivity contribution in [3.63, 3.8) is 0 Å². The van der Waals surface area contributed by atoms with Crippen molar-refractivity contribution in [3.05, 3.63) is 28.8 Å². The molecule has 1 fully saturated rings. The molecular weight excluding hydrogens is 318 g/mol. The minimum Gasteiger partial charge on any atom is -0.492 e. The van der Waals surface area contributed by atoms with Crippen molar-refractivity contribution < 1.29 is 14.3 Å². The molecule has 124 valence electrons. The predicted octanol–water partition coefficient (Wildman–Crippen LogP) is 1.58. The van der Waals surface area contributed by atoms with E-state index in [-0.39, 0.29) is 18.9 Å². The molecular formula is C16H20ClN3O3. The van der Waals surface area contributed by atoms with E-state index in [9.17, 15) is 4.79 Å². The smallest absolute Gasteiger partial charge is 0.234 e. The Hall–Kier alpha value is -1.81. The fourth-order valence-corrected chi connectivity index (χ4v) is 2.46. The lowest BCUT2D eigenvalue weighted by atomic mass is 10.2. The summed E-state index contributed by atoms with van der Waals surface area (Å²) in [5.74, 6) is 0.381. The van der Waals surface area contributed by atoms with Gasteiger partial charge in [0, 0.05) is 36.8 Å². The Bertz CT molecular complexity index is 568. The normalized spacial score (nSPS) is 15.0. The van der Waals surface area contributed by atoms with Crippen molar-refractivity contribution in [2.24, 2.45) is 0 Å². The van der Waals surface area contributed by atoms with Crippen molar-refractivity contribution in [1.82, 2.24) is 10.2 Å². The van der Waals surface area contributed by atoms with Crippen LogP contribution in [-0.4, -0.2) is 50.3 Å². The minimum absolute atomic E-state index is 0.159. The SMILES string of the molecule is N#CCC(=O)NCc1cc(Cl)ccc1OCCN1CCOCC1. The van der Waals surface area contributed by atoms with Gasteiger partial charge in [0.25, 0.3) is 0 Å². The van der Waals surface area contributed by atoms with Crippen molar-refractivity contribution in [3.8, 4) is 11.8 Å². The molecule has 1 amide bonds. The molecule has 0 unspecified atom stereocenters. The number of hydrogen-bond donors (Lipinski definition) is 1. The number of carbonyl (C=O) groups is 1. The van der Waals surface area contributed by atoms with E-state index in [0.717, 1.165) is 38.4 Å². The van der Waals surface area contributed by atoms with Crippen molar-refractivity contribution in [2.45, 2.75) is 13.0 Å². The van der Waals surface area contributed by atoms with Crippen LogP contribution >= 0.6 is 11.6 Å². The molecule has 0 spiro atoms. The summed E-state index contributed by atoms with van der Waals surface area (Å²) in [7, 11) is 0. The molecule has 0 bridgehead atoms. The van der Waals surface area contributed by atoms with Crippen LogP contribution in [0, 0.1) is 11.3 Å². The molecule has 0 saturated carbocycles. The minimum atomic E-state index is -0.313. The number of rotatable bonds is 7. The highest BCUT2D eigenvalue weighted by atomic mass is 35.5. The van der Waals surface area contributed by atoms with Gasteiger partial charge in [-0.3, -0.25) is 9.69 Å². The van der Waals surface area contributed by atoms with Gasteiger partial charge in [0.2, 0.25) is 5.91 Å². The Morgan fingerprint density at radius 1 is 1.43 bits per heavy atom. The zero-order chi connectivity index (χ0) is 16.5. The summed E-state index contributed by atoms with van der Waals surface area (Å²) in [5.41, 5.74) is 0.797. The third kappa shape index (κ3) is 6.06. The number of nitrogens with zero attached hydrogens (tertiary/aromatic N) is 2. The monoisotopic (exact) mass is 337 g/mol. The van der Waals surface area contributed by atoms with Crippen molar-refractivity contribution in [2.75, 3.05) is 39.5 Å². The first-order valence-corrected chi connectivity index (χ1v) is 7.92. The van der Waals surface area contributed by atoms with Gasteiger partial charge in [0.15, 0.2) is 0 Å². The molecule has 7 heteroatoms. The lowest BCUT2D eigenvalue weighted by molar-refractivity contribution is -0.120. The maximum absolute atomic E-state index is 11.4. The fraction of sp³-hybridized carbons (Fsp3) is 0.500. The standard InChI is InChI=1S/C16H20ClN3O3/c17-14-1-2-15(13(11-14)12-19-16(21)3-4-18)23-10-7-20-5-8-22-9-6-20/h1-2,11H,3,5-10,12H2,(H,19,21). The summed E-state index contributed by atoms with van der Waals surface area (Å²) < 4.78 is 11.1. The van der Waals surface area contributed by atoms with Gasteiger partial charge in [-0.2, -0.15) is 5.26 Å². The zero-order valence-corrected chi connectivity index (χ0v) is 13.6. The molecule has 1 saturated heterocycles. The van der Waals surface area contributed by atoms with E-state index >= 15 is 0 Å². The second-order valence-electron chi connectivity index (χ2n) is 5.17. The van der Waals surface area contributed by atoms with E-state index < -0.39 is 0 Å². The Labute approximate surface area is 140 Å². The summed E-state index contributed by atoms with van der Waals surface area (Å²) in [4.78, 5) is 13.7. The number of benzene rings is 1. The van der Waals surface area contributed by atoms with Crippen LogP contribution in [0.15, 0.2) is 18.2 Å². The molecule has 0 radical (unpaired) electrons. The Morgan fingerprint density at radius 2 is 2.22 bits per heavy atom. The first kappa shape index (κ1) is 17.5. The number of ether oxygens (including phenoxy) is 2. The van der Waals surface area contributed by atoms with Crippen LogP contribution in [0.2, 0.25) is 5.02 Å². The molecule has 0 aromatic heterocycles. The van der Waals surface area contributed by atoms with Gasteiger partial charge in [-0.25, -0.2) is 0 Å². The van der Waals surface area contributed by atoms with Crippen LogP contribution in [0.3, 0.4) is 0 Å². The van der Waals surface area contributed by atoms with Gasteiger partial charge >= 0.3 is 0 Å². The van der Waals surface area contributed by atoms with E-state index in [4.69, 9.17) is 26.3 Å². The van der Waals surface area contributed by atoms with Gasteiger partial charge in [-0.1, -0.05) is 11.6 Å². The third-order valence-corrected chi connectivity index (χ3v) is 3.74. The van der Waals surface area contributed by atoms with E-state index in [2.05, 4.69) is 10.2 Å². The molecule has 1 aliphatic rings. The zero-order valence-electron chi connectivity index (χ0n) is 12.9. The topological polar surface area (TPSA) is 74.6 Å². The summed E-state index contributed by atoms with van der Waals surface area (Å²) in [6.07, 6.45) is -0.159. The maximum atomic E-state index is 11.4. The van der Waals surface area contributed by atoms with Gasteiger partial charge in [-0.05, 0) is 18.2 Å². The number of hydrogen-bond acceptors (Lipinski definition) is 5.